The summed E-state index contributed by atoms with van der Waals surface area (Å²) in [4.78, 5) is 37.5. The summed E-state index contributed by atoms with van der Waals surface area (Å²) in [5.41, 5.74) is 0.196. The number of rotatable bonds is 9. The predicted octanol–water partition coefficient (Wildman–Crippen LogP) is 2.36. The fourth-order valence-electron chi connectivity index (χ4n) is 1.90. The van der Waals surface area contributed by atoms with E-state index in [0.29, 0.717) is 5.69 Å². The van der Waals surface area contributed by atoms with Crippen molar-refractivity contribution >= 4 is 29.0 Å². The smallest absolute Gasteiger partial charge is 0.367 e. The first-order valence-electron chi connectivity index (χ1n) is 7.67. The third-order valence-corrected chi connectivity index (χ3v) is 3.96. The van der Waals surface area contributed by atoms with E-state index in [9.17, 15) is 19.7 Å². The Morgan fingerprint density at radius 2 is 2.07 bits per heavy atom. The van der Waals surface area contributed by atoms with Crippen LogP contribution in [0.1, 0.15) is 22.4 Å². The molecule has 0 aliphatic rings. The second kappa shape index (κ2) is 9.48. The maximum Gasteiger partial charge on any atom is 0.367 e. The molecule has 0 saturated carbocycles. The molecular weight excluding hydrogens is 380 g/mol. The van der Waals surface area contributed by atoms with Crippen LogP contribution in [0.25, 0.3) is 0 Å². The van der Waals surface area contributed by atoms with Gasteiger partial charge < -0.3 is 18.9 Å². The number of hydrogen-bond acceptors (Lipinski definition) is 10. The monoisotopic (exact) mass is 396 g/mol. The summed E-state index contributed by atoms with van der Waals surface area (Å²) in [5, 5.41) is 12.6. The highest BCUT2D eigenvalue weighted by molar-refractivity contribution is 7.11. The molecule has 1 aromatic carbocycles. The summed E-state index contributed by atoms with van der Waals surface area (Å²) in [7, 11) is 1.29. The molecule has 0 bridgehead atoms. The number of nitro benzene ring substituents is 1. The molecule has 27 heavy (non-hydrogen) atoms. The van der Waals surface area contributed by atoms with Gasteiger partial charge in [0.25, 0.3) is 0 Å². The Morgan fingerprint density at radius 1 is 1.30 bits per heavy atom. The number of esters is 2. The molecule has 1 aromatic heterocycles. The number of hydrogen-bond donors (Lipinski definition) is 0. The van der Waals surface area contributed by atoms with E-state index in [0.717, 1.165) is 11.3 Å². The molecule has 2 aromatic rings. The summed E-state index contributed by atoms with van der Waals surface area (Å²) >= 11 is 1.09. The van der Waals surface area contributed by atoms with Crippen molar-refractivity contribution in [2.24, 2.45) is 0 Å². The zero-order valence-corrected chi connectivity index (χ0v) is 15.3. The molecule has 0 amide bonds. The Kier molecular flexibility index (Phi) is 7.06. The summed E-state index contributed by atoms with van der Waals surface area (Å²) < 4.78 is 20.0. The second-order valence-corrected chi connectivity index (χ2v) is 5.76. The van der Waals surface area contributed by atoms with E-state index in [2.05, 4.69) is 4.98 Å². The van der Waals surface area contributed by atoms with Crippen LogP contribution >= 0.6 is 11.3 Å². The minimum atomic E-state index is -0.669. The molecule has 1 heterocycles. The van der Waals surface area contributed by atoms with Crippen molar-refractivity contribution in [3.8, 4) is 11.5 Å². The molecule has 11 heteroatoms. The van der Waals surface area contributed by atoms with Gasteiger partial charge in [-0.25, -0.2) is 14.6 Å². The van der Waals surface area contributed by atoms with Crippen molar-refractivity contribution in [2.45, 2.75) is 13.5 Å². The van der Waals surface area contributed by atoms with E-state index in [1.165, 1.54) is 25.3 Å². The Morgan fingerprint density at radius 3 is 2.74 bits per heavy atom. The molecule has 0 radical (unpaired) electrons. The Balaban J connectivity index is 1.84. The molecule has 0 aliphatic heterocycles. The van der Waals surface area contributed by atoms with E-state index >= 15 is 0 Å². The lowest BCUT2D eigenvalue weighted by Gasteiger charge is -2.08. The molecule has 0 fully saturated rings. The van der Waals surface area contributed by atoms with Crippen LogP contribution in [0, 0.1) is 10.1 Å². The van der Waals surface area contributed by atoms with E-state index < -0.39 is 23.5 Å². The molecule has 10 nitrogen and oxygen atoms in total. The van der Waals surface area contributed by atoms with Gasteiger partial charge in [-0.2, -0.15) is 0 Å². The molecule has 0 aliphatic carbocycles. The number of methoxy groups -OCH3 is 1. The van der Waals surface area contributed by atoms with Crippen molar-refractivity contribution in [3.05, 3.63) is 44.4 Å². The Labute approximate surface area is 157 Å². The maximum atomic E-state index is 11.8. The number of carbonyl (C=O) groups is 2. The molecule has 0 unspecified atom stereocenters. The first kappa shape index (κ1) is 20.1. The molecular formula is C16H16N2O8S. The zero-order valence-electron chi connectivity index (χ0n) is 14.5. The van der Waals surface area contributed by atoms with Crippen molar-refractivity contribution in [1.82, 2.24) is 4.98 Å². The third kappa shape index (κ3) is 5.64. The van der Waals surface area contributed by atoms with Crippen molar-refractivity contribution in [3.63, 3.8) is 0 Å². The first-order chi connectivity index (χ1) is 12.9. The average molecular weight is 396 g/mol. The van der Waals surface area contributed by atoms with Gasteiger partial charge in [-0.15, -0.1) is 11.3 Å². The lowest BCUT2D eigenvalue weighted by molar-refractivity contribution is -0.385. The topological polar surface area (TPSA) is 127 Å². The van der Waals surface area contributed by atoms with Gasteiger partial charge in [0.15, 0.2) is 6.61 Å². The number of carbonyl (C=O) groups excluding carboxylic acids is 2. The lowest BCUT2D eigenvalue weighted by atomic mass is 10.3. The molecule has 0 saturated heterocycles. The Bertz CT molecular complexity index is 836. The third-order valence-electron chi connectivity index (χ3n) is 3.09. The fourth-order valence-corrected chi connectivity index (χ4v) is 2.59. The molecule has 0 atom stereocenters. The lowest BCUT2D eigenvalue weighted by Crippen LogP contribution is -2.15. The summed E-state index contributed by atoms with van der Waals surface area (Å²) in [5.74, 6) is -0.971. The van der Waals surface area contributed by atoms with Crippen LogP contribution in [0.15, 0.2) is 23.6 Å². The number of aromatic nitrogens is 1. The van der Waals surface area contributed by atoms with Gasteiger partial charge in [-0.3, -0.25) is 10.1 Å². The Hall–Kier alpha value is -3.21. The van der Waals surface area contributed by atoms with E-state index in [-0.39, 0.29) is 35.4 Å². The maximum absolute atomic E-state index is 11.8. The fraction of sp³-hybridized carbons (Fsp3) is 0.312. The van der Waals surface area contributed by atoms with E-state index in [1.807, 2.05) is 0 Å². The van der Waals surface area contributed by atoms with Gasteiger partial charge in [-0.05, 0) is 13.0 Å². The van der Waals surface area contributed by atoms with E-state index in [1.54, 1.807) is 12.3 Å². The van der Waals surface area contributed by atoms with Gasteiger partial charge in [0.05, 0.1) is 24.3 Å². The highest BCUT2D eigenvalue weighted by Gasteiger charge is 2.16. The van der Waals surface area contributed by atoms with Gasteiger partial charge in [0.2, 0.25) is 10.8 Å². The number of benzene rings is 1. The van der Waals surface area contributed by atoms with Gasteiger partial charge in [0, 0.05) is 17.5 Å². The zero-order chi connectivity index (χ0) is 19.8. The molecule has 0 N–H and O–H groups in total. The van der Waals surface area contributed by atoms with Crippen LogP contribution in [0.4, 0.5) is 5.69 Å². The van der Waals surface area contributed by atoms with Crippen LogP contribution in [-0.2, 0) is 20.9 Å². The molecule has 0 spiro atoms. The normalized spacial score (nSPS) is 10.1. The van der Waals surface area contributed by atoms with Crippen molar-refractivity contribution < 1.29 is 33.5 Å². The van der Waals surface area contributed by atoms with Crippen LogP contribution in [-0.4, -0.2) is 42.2 Å². The summed E-state index contributed by atoms with van der Waals surface area (Å²) in [6.07, 6.45) is 0. The standard InChI is InChI=1S/C16H16N2O8S/c1-3-24-16(20)15-17-10(9-27-15)7-26-14(19)8-25-11-4-5-12(18(21)22)13(6-11)23-2/h4-6,9H,3,7-8H2,1-2H3. The quantitative estimate of drug-likeness (QED) is 0.356. The van der Waals surface area contributed by atoms with Crippen LogP contribution in [0.3, 0.4) is 0 Å². The van der Waals surface area contributed by atoms with Gasteiger partial charge in [-0.1, -0.05) is 0 Å². The summed E-state index contributed by atoms with van der Waals surface area (Å²) in [6.45, 7) is 1.40. The van der Waals surface area contributed by atoms with Crippen molar-refractivity contribution in [1.29, 1.82) is 0 Å². The van der Waals surface area contributed by atoms with Gasteiger partial charge in [0.1, 0.15) is 12.4 Å². The van der Waals surface area contributed by atoms with Gasteiger partial charge >= 0.3 is 17.6 Å². The largest absolute Gasteiger partial charge is 0.490 e. The minimum absolute atomic E-state index is 0.0137. The molecule has 144 valence electrons. The van der Waals surface area contributed by atoms with Crippen molar-refractivity contribution in [2.75, 3.05) is 20.3 Å². The predicted molar refractivity (Wildman–Crippen MR) is 93.0 cm³/mol. The van der Waals surface area contributed by atoms with Crippen LogP contribution in [0.5, 0.6) is 11.5 Å². The first-order valence-corrected chi connectivity index (χ1v) is 8.55. The molecule has 2 rings (SSSR count). The number of nitro groups is 1. The number of thiazole rings is 1. The average Bonchev–Trinajstić information content (AvgIpc) is 3.13. The number of ether oxygens (including phenoxy) is 4. The summed E-state index contributed by atoms with van der Waals surface area (Å²) in [6, 6.07) is 3.86. The van der Waals surface area contributed by atoms with E-state index in [4.69, 9.17) is 18.9 Å². The highest BCUT2D eigenvalue weighted by atomic mass is 32.1. The SMILES string of the molecule is CCOC(=O)c1nc(COC(=O)COc2ccc([N+](=O)[O-])c(OC)c2)cs1. The number of nitrogens with zero attached hydrogens (tertiary/aromatic N) is 2. The van der Waals surface area contributed by atoms with Crippen LogP contribution < -0.4 is 9.47 Å². The van der Waals surface area contributed by atoms with Crippen LogP contribution in [0.2, 0.25) is 0 Å². The highest BCUT2D eigenvalue weighted by Crippen LogP contribution is 2.30. The minimum Gasteiger partial charge on any atom is -0.490 e. The second-order valence-electron chi connectivity index (χ2n) is 4.90.